The van der Waals surface area contributed by atoms with E-state index in [1.165, 1.54) is 27.8 Å². The van der Waals surface area contributed by atoms with Crippen molar-refractivity contribution in [3.63, 3.8) is 0 Å². The topological polar surface area (TPSA) is 0 Å². The van der Waals surface area contributed by atoms with Gasteiger partial charge in [-0.05, 0) is 40.3 Å². The molecule has 0 saturated heterocycles. The van der Waals surface area contributed by atoms with Crippen molar-refractivity contribution in [1.82, 2.24) is 0 Å². The average Bonchev–Trinajstić information content (AvgIpc) is 2.63. The summed E-state index contributed by atoms with van der Waals surface area (Å²) in [5.74, 6) is 0. The summed E-state index contributed by atoms with van der Waals surface area (Å²) in [6.45, 7) is 6.24. The van der Waals surface area contributed by atoms with Gasteiger partial charge in [0.25, 0.3) is 0 Å². The van der Waals surface area contributed by atoms with E-state index in [0.29, 0.717) is 0 Å². The van der Waals surface area contributed by atoms with Gasteiger partial charge >= 0.3 is 0 Å². The molecule has 0 heterocycles. The summed E-state index contributed by atoms with van der Waals surface area (Å²) < 4.78 is 0. The van der Waals surface area contributed by atoms with E-state index in [4.69, 9.17) is 0 Å². The Morgan fingerprint density at radius 2 is 1.26 bits per heavy atom. The summed E-state index contributed by atoms with van der Waals surface area (Å²) >= 11 is 0. The van der Waals surface area contributed by atoms with Gasteiger partial charge in [0.15, 0.2) is 0 Å². The molecule has 3 rings (SSSR count). The summed E-state index contributed by atoms with van der Waals surface area (Å²) in [6.07, 6.45) is 4.09. The van der Waals surface area contributed by atoms with Crippen LogP contribution in [0.1, 0.15) is 12.5 Å². The lowest BCUT2D eigenvalue weighted by atomic mass is 9.89. The van der Waals surface area contributed by atoms with Crippen LogP contribution < -0.4 is 0 Å². The van der Waals surface area contributed by atoms with Crippen LogP contribution in [0.25, 0.3) is 27.8 Å². The largest absolute Gasteiger partial charge is 0.0911 e. The molecule has 0 fully saturated rings. The maximum Gasteiger partial charge on any atom is -0.00992 e. The van der Waals surface area contributed by atoms with Gasteiger partial charge in [-0.25, -0.2) is 0 Å². The summed E-state index contributed by atoms with van der Waals surface area (Å²) in [6, 6.07) is 27.5. The monoisotopic (exact) mass is 296 g/mol. The van der Waals surface area contributed by atoms with Crippen molar-refractivity contribution in [3.05, 3.63) is 103 Å². The van der Waals surface area contributed by atoms with E-state index in [1.54, 1.807) is 0 Å². The van der Waals surface area contributed by atoms with Crippen LogP contribution in [-0.2, 0) is 0 Å². The number of hydrogen-bond donors (Lipinski definition) is 0. The van der Waals surface area contributed by atoms with Gasteiger partial charge in [0, 0.05) is 0 Å². The van der Waals surface area contributed by atoms with Gasteiger partial charge in [-0.2, -0.15) is 0 Å². The molecule has 23 heavy (non-hydrogen) atoms. The second kappa shape index (κ2) is 6.93. The predicted molar refractivity (Wildman–Crippen MR) is 101 cm³/mol. The standard InChI is InChI=1S/C23H20/c1-3-11-18(2)20-14-7-9-16-22(20)23-17-10-8-15-21(23)19-12-5-4-6-13-19/h3-17H,2H2,1H3/b11-3-. The lowest BCUT2D eigenvalue weighted by molar-refractivity contribution is 1.55. The molecule has 112 valence electrons. The van der Waals surface area contributed by atoms with Crippen molar-refractivity contribution >= 4 is 5.57 Å². The Morgan fingerprint density at radius 3 is 1.96 bits per heavy atom. The van der Waals surface area contributed by atoms with Crippen molar-refractivity contribution < 1.29 is 0 Å². The molecule has 0 aliphatic heterocycles. The normalized spacial score (nSPS) is 10.8. The van der Waals surface area contributed by atoms with Crippen LogP contribution in [0.2, 0.25) is 0 Å². The molecular formula is C23H20. The maximum atomic E-state index is 4.22. The van der Waals surface area contributed by atoms with Crippen LogP contribution >= 0.6 is 0 Å². The molecule has 0 amide bonds. The first-order chi connectivity index (χ1) is 11.3. The zero-order chi connectivity index (χ0) is 16.1. The number of rotatable bonds is 4. The summed E-state index contributed by atoms with van der Waals surface area (Å²) in [7, 11) is 0. The zero-order valence-electron chi connectivity index (χ0n) is 13.4. The zero-order valence-corrected chi connectivity index (χ0v) is 13.4. The second-order valence-corrected chi connectivity index (χ2v) is 5.48. The van der Waals surface area contributed by atoms with Gasteiger partial charge in [-0.3, -0.25) is 0 Å². The van der Waals surface area contributed by atoms with Crippen LogP contribution in [0, 0.1) is 0 Å². The first-order valence-corrected chi connectivity index (χ1v) is 7.87. The molecule has 0 spiro atoms. The van der Waals surface area contributed by atoms with Crippen LogP contribution in [0.15, 0.2) is 97.6 Å². The Kier molecular flexibility index (Phi) is 4.54. The second-order valence-electron chi connectivity index (χ2n) is 5.48. The molecule has 0 aliphatic rings. The van der Waals surface area contributed by atoms with Crippen LogP contribution in [-0.4, -0.2) is 0 Å². The highest BCUT2D eigenvalue weighted by atomic mass is 14.1. The fraction of sp³-hybridized carbons (Fsp3) is 0.0435. The maximum absolute atomic E-state index is 4.22. The van der Waals surface area contributed by atoms with Crippen molar-refractivity contribution in [2.24, 2.45) is 0 Å². The van der Waals surface area contributed by atoms with E-state index < -0.39 is 0 Å². The van der Waals surface area contributed by atoms with E-state index in [2.05, 4.69) is 85.5 Å². The number of hydrogen-bond acceptors (Lipinski definition) is 0. The van der Waals surface area contributed by atoms with E-state index >= 15 is 0 Å². The van der Waals surface area contributed by atoms with E-state index in [1.807, 2.05) is 19.1 Å². The fourth-order valence-corrected chi connectivity index (χ4v) is 2.88. The number of benzene rings is 3. The molecule has 0 aromatic heterocycles. The van der Waals surface area contributed by atoms with Crippen molar-refractivity contribution in [3.8, 4) is 22.3 Å². The first-order valence-electron chi connectivity index (χ1n) is 7.87. The highest BCUT2D eigenvalue weighted by Crippen LogP contribution is 2.36. The number of allylic oxidation sites excluding steroid dienone is 3. The quantitative estimate of drug-likeness (QED) is 0.475. The molecule has 0 aliphatic carbocycles. The minimum atomic E-state index is 1.03. The van der Waals surface area contributed by atoms with Gasteiger partial charge in [0.1, 0.15) is 0 Å². The molecule has 0 N–H and O–H groups in total. The van der Waals surface area contributed by atoms with Crippen LogP contribution in [0.5, 0.6) is 0 Å². The molecule has 0 bridgehead atoms. The van der Waals surface area contributed by atoms with Gasteiger partial charge in [-0.1, -0.05) is 97.6 Å². The first kappa shape index (κ1) is 15.1. The van der Waals surface area contributed by atoms with Crippen molar-refractivity contribution in [1.29, 1.82) is 0 Å². The minimum absolute atomic E-state index is 1.03. The molecular weight excluding hydrogens is 276 g/mol. The third-order valence-electron chi connectivity index (χ3n) is 3.94. The van der Waals surface area contributed by atoms with E-state index in [0.717, 1.165) is 5.57 Å². The third kappa shape index (κ3) is 3.17. The fourth-order valence-electron chi connectivity index (χ4n) is 2.88. The summed E-state index contributed by atoms with van der Waals surface area (Å²) in [4.78, 5) is 0. The molecule has 0 saturated carbocycles. The third-order valence-corrected chi connectivity index (χ3v) is 3.94. The van der Waals surface area contributed by atoms with Gasteiger partial charge in [0.05, 0.1) is 0 Å². The SMILES string of the molecule is C=C(/C=C\C)c1ccccc1-c1ccccc1-c1ccccc1. The molecule has 3 aromatic carbocycles. The van der Waals surface area contributed by atoms with Crippen LogP contribution in [0.3, 0.4) is 0 Å². The van der Waals surface area contributed by atoms with Crippen molar-refractivity contribution in [2.45, 2.75) is 6.92 Å². The summed E-state index contributed by atoms with van der Waals surface area (Å²) in [5.41, 5.74) is 7.14. The Hall–Kier alpha value is -2.86. The van der Waals surface area contributed by atoms with Gasteiger partial charge in [-0.15, -0.1) is 0 Å². The van der Waals surface area contributed by atoms with E-state index in [-0.39, 0.29) is 0 Å². The Labute approximate surface area is 138 Å². The molecule has 0 nitrogen and oxygen atoms in total. The highest BCUT2D eigenvalue weighted by Gasteiger charge is 2.11. The molecule has 0 radical (unpaired) electrons. The molecule has 3 aromatic rings. The Balaban J connectivity index is 2.20. The van der Waals surface area contributed by atoms with E-state index in [9.17, 15) is 0 Å². The van der Waals surface area contributed by atoms with Gasteiger partial charge < -0.3 is 0 Å². The smallest absolute Gasteiger partial charge is 0.00992 e. The molecule has 0 unspecified atom stereocenters. The molecule has 0 atom stereocenters. The molecule has 0 heteroatoms. The lowest BCUT2D eigenvalue weighted by Crippen LogP contribution is -1.90. The van der Waals surface area contributed by atoms with Gasteiger partial charge in [0.2, 0.25) is 0 Å². The Morgan fingerprint density at radius 1 is 0.696 bits per heavy atom. The van der Waals surface area contributed by atoms with Crippen molar-refractivity contribution in [2.75, 3.05) is 0 Å². The predicted octanol–water partition coefficient (Wildman–Crippen LogP) is 6.61. The lowest BCUT2D eigenvalue weighted by Gasteiger charge is -2.14. The Bertz CT molecular complexity index is 839. The summed E-state index contributed by atoms with van der Waals surface area (Å²) in [5, 5.41) is 0. The highest BCUT2D eigenvalue weighted by molar-refractivity contribution is 5.91. The van der Waals surface area contributed by atoms with Crippen LogP contribution in [0.4, 0.5) is 0 Å². The average molecular weight is 296 g/mol. The minimum Gasteiger partial charge on any atom is -0.0911 e.